The van der Waals surface area contributed by atoms with E-state index in [2.05, 4.69) is 44.1 Å². The van der Waals surface area contributed by atoms with Crippen LogP contribution in [0.4, 0.5) is 10.4 Å². The van der Waals surface area contributed by atoms with Crippen molar-refractivity contribution in [2.45, 2.75) is 56.7 Å². The molecule has 7 heteroatoms. The highest BCUT2D eigenvalue weighted by Gasteiger charge is 2.58. The quantitative estimate of drug-likeness (QED) is 0.375. The van der Waals surface area contributed by atoms with Gasteiger partial charge in [-0.05, 0) is 79.4 Å². The van der Waals surface area contributed by atoms with Crippen molar-refractivity contribution in [3.05, 3.63) is 66.4 Å². The summed E-state index contributed by atoms with van der Waals surface area (Å²) >= 11 is 0. The third-order valence-corrected chi connectivity index (χ3v) is 9.71. The molecule has 1 aliphatic heterocycles. The van der Waals surface area contributed by atoms with E-state index < -0.39 is 0 Å². The van der Waals surface area contributed by atoms with Crippen molar-refractivity contribution in [1.29, 1.82) is 0 Å². The number of rotatable bonds is 5. The van der Waals surface area contributed by atoms with Crippen molar-refractivity contribution in [2.75, 3.05) is 5.32 Å². The molecule has 4 bridgehead atoms. The van der Waals surface area contributed by atoms with Gasteiger partial charge in [0.1, 0.15) is 11.3 Å². The van der Waals surface area contributed by atoms with Crippen molar-refractivity contribution in [2.24, 2.45) is 23.2 Å². The Morgan fingerprint density at radius 1 is 1.14 bits per heavy atom. The van der Waals surface area contributed by atoms with Crippen LogP contribution in [0.5, 0.6) is 0 Å². The highest BCUT2D eigenvalue weighted by Crippen LogP contribution is 2.62. The number of anilines is 1. The van der Waals surface area contributed by atoms with E-state index >= 15 is 0 Å². The molecule has 0 amide bonds. The van der Waals surface area contributed by atoms with Crippen LogP contribution in [-0.4, -0.2) is 31.8 Å². The highest BCUT2D eigenvalue weighted by atomic mass is 19.1. The van der Waals surface area contributed by atoms with Crippen molar-refractivity contribution in [3.63, 3.8) is 0 Å². The molecular formula is C29H29FN4O2. The van der Waals surface area contributed by atoms with Crippen molar-refractivity contribution < 1.29 is 13.9 Å². The molecule has 4 unspecified atom stereocenters. The van der Waals surface area contributed by atoms with Crippen molar-refractivity contribution >= 4 is 17.1 Å². The van der Waals surface area contributed by atoms with Crippen LogP contribution in [0.3, 0.4) is 0 Å². The average Bonchev–Trinajstić information content (AvgIpc) is 3.56. The van der Waals surface area contributed by atoms with Crippen LogP contribution in [0.1, 0.15) is 50.1 Å². The number of hydrogen-bond acceptors (Lipinski definition) is 5. The fourth-order valence-corrected chi connectivity index (χ4v) is 8.47. The van der Waals surface area contributed by atoms with Gasteiger partial charge in [-0.25, -0.2) is 9.37 Å². The van der Waals surface area contributed by atoms with E-state index in [0.717, 1.165) is 31.4 Å². The van der Waals surface area contributed by atoms with E-state index in [-0.39, 0.29) is 29.4 Å². The zero-order valence-electron chi connectivity index (χ0n) is 20.0. The number of nitrogens with one attached hydrogen (secondary N) is 1. The number of hydrogen-bond donors (Lipinski definition) is 2. The summed E-state index contributed by atoms with van der Waals surface area (Å²) in [6.45, 7) is 0. The second-order valence-electron chi connectivity index (χ2n) is 11.7. The largest absolute Gasteiger partial charge is 0.424 e. The minimum atomic E-state index is -0.356. The molecule has 2 aromatic heterocycles. The van der Waals surface area contributed by atoms with Crippen LogP contribution in [-0.2, 0) is 0 Å². The predicted octanol–water partition coefficient (Wildman–Crippen LogP) is 5.79. The third kappa shape index (κ3) is 2.98. The zero-order valence-corrected chi connectivity index (χ0v) is 20.0. The Morgan fingerprint density at radius 2 is 1.97 bits per heavy atom. The van der Waals surface area contributed by atoms with E-state index in [4.69, 9.17) is 4.42 Å². The predicted molar refractivity (Wildman–Crippen MR) is 134 cm³/mol. The number of nitrogens with zero attached hydrogens (tertiary/aromatic N) is 3. The smallest absolute Gasteiger partial charge is 0.295 e. The molecule has 4 atom stereocenters. The summed E-state index contributed by atoms with van der Waals surface area (Å²) in [5.41, 5.74) is 4.80. The molecule has 5 aliphatic rings. The van der Waals surface area contributed by atoms with E-state index in [1.54, 1.807) is 6.07 Å². The molecule has 4 fully saturated rings. The molecule has 3 heterocycles. The second kappa shape index (κ2) is 7.42. The minimum Gasteiger partial charge on any atom is -0.424 e. The van der Waals surface area contributed by atoms with Crippen LogP contribution in [0.2, 0.25) is 0 Å². The molecular weight excluding hydrogens is 455 g/mol. The number of aliphatic hydroxyl groups is 1. The molecule has 2 aromatic carbocycles. The fraction of sp³-hybridized carbons (Fsp3) is 0.448. The standard InChI is InChI=1S/C29H29FN4O2/c30-19-5-6-25-22(9-19)32-28(36-25)33-27-17-7-16-8-18(27)13-29(11-16,12-17)26(35)10-23-20-3-1-2-4-21(20)24-14-31-15-34(23)24/h1-6,9,14-18,23,26-27,35H,7-8,10-13H2,(H,32,33). The van der Waals surface area contributed by atoms with E-state index in [9.17, 15) is 9.50 Å². The number of fused-ring (bicyclic) bond motifs is 4. The first-order valence-corrected chi connectivity index (χ1v) is 13.2. The molecule has 0 saturated heterocycles. The van der Waals surface area contributed by atoms with E-state index in [1.165, 1.54) is 36.1 Å². The molecule has 0 radical (unpaired) electrons. The Hall–Kier alpha value is -3.19. The van der Waals surface area contributed by atoms with Crippen molar-refractivity contribution in [1.82, 2.24) is 14.5 Å². The topological polar surface area (TPSA) is 76.1 Å². The van der Waals surface area contributed by atoms with Gasteiger partial charge in [0.2, 0.25) is 0 Å². The van der Waals surface area contributed by atoms with Crippen LogP contribution >= 0.6 is 0 Å². The molecule has 4 aromatic rings. The monoisotopic (exact) mass is 484 g/mol. The summed E-state index contributed by atoms with van der Waals surface area (Å²) in [7, 11) is 0. The lowest BCUT2D eigenvalue weighted by molar-refractivity contribution is -0.129. The van der Waals surface area contributed by atoms with Gasteiger partial charge in [0, 0.05) is 17.7 Å². The van der Waals surface area contributed by atoms with Gasteiger partial charge in [0.15, 0.2) is 5.58 Å². The fourth-order valence-electron chi connectivity index (χ4n) is 8.47. The molecule has 184 valence electrons. The lowest BCUT2D eigenvalue weighted by Crippen LogP contribution is -2.59. The third-order valence-electron chi connectivity index (χ3n) is 9.71. The molecule has 2 N–H and O–H groups in total. The van der Waals surface area contributed by atoms with E-state index in [0.29, 0.717) is 34.9 Å². The molecule has 4 aliphatic carbocycles. The summed E-state index contributed by atoms with van der Waals surface area (Å²) in [6.07, 6.45) is 9.78. The highest BCUT2D eigenvalue weighted by molar-refractivity contribution is 5.74. The Morgan fingerprint density at radius 3 is 2.83 bits per heavy atom. The van der Waals surface area contributed by atoms with Gasteiger partial charge in [0.25, 0.3) is 6.01 Å². The number of benzene rings is 2. The summed E-state index contributed by atoms with van der Waals surface area (Å²) in [5, 5.41) is 15.4. The maximum atomic E-state index is 13.6. The van der Waals surface area contributed by atoms with Crippen molar-refractivity contribution in [3.8, 4) is 11.3 Å². The summed E-state index contributed by atoms with van der Waals surface area (Å²) in [5.74, 6) is 1.34. The first-order chi connectivity index (χ1) is 17.6. The maximum Gasteiger partial charge on any atom is 0.295 e. The Labute approximate surface area is 208 Å². The Kier molecular flexibility index (Phi) is 4.32. The van der Waals surface area contributed by atoms with Crippen LogP contribution in [0.25, 0.3) is 22.4 Å². The molecule has 9 rings (SSSR count). The van der Waals surface area contributed by atoms with Crippen LogP contribution < -0.4 is 5.32 Å². The number of halogens is 1. The van der Waals surface area contributed by atoms with Gasteiger partial charge < -0.3 is 19.4 Å². The number of oxazole rings is 1. The first kappa shape index (κ1) is 20.9. The van der Waals surface area contributed by atoms with Gasteiger partial charge >= 0.3 is 0 Å². The lowest BCUT2D eigenvalue weighted by atomic mass is 9.46. The Bertz CT molecular complexity index is 1460. The van der Waals surface area contributed by atoms with Gasteiger partial charge in [-0.1, -0.05) is 24.3 Å². The average molecular weight is 485 g/mol. The van der Waals surface area contributed by atoms with Crippen LogP contribution in [0, 0.1) is 29.0 Å². The van der Waals surface area contributed by atoms with E-state index in [1.807, 2.05) is 12.5 Å². The van der Waals surface area contributed by atoms with Crippen LogP contribution in [0.15, 0.2) is 59.4 Å². The second-order valence-corrected chi connectivity index (χ2v) is 11.7. The number of aromatic nitrogens is 3. The summed E-state index contributed by atoms with van der Waals surface area (Å²) in [4.78, 5) is 8.91. The van der Waals surface area contributed by atoms with Gasteiger partial charge in [-0.2, -0.15) is 4.98 Å². The van der Waals surface area contributed by atoms with Gasteiger partial charge in [0.05, 0.1) is 30.4 Å². The summed E-state index contributed by atoms with van der Waals surface area (Å²) < 4.78 is 21.8. The lowest BCUT2D eigenvalue weighted by Gasteiger charge is -2.61. The Balaban J connectivity index is 1.05. The summed E-state index contributed by atoms with van der Waals surface area (Å²) in [6, 6.07) is 13.9. The molecule has 6 nitrogen and oxygen atoms in total. The van der Waals surface area contributed by atoms with Gasteiger partial charge in [-0.3, -0.25) is 0 Å². The maximum absolute atomic E-state index is 13.6. The molecule has 4 saturated carbocycles. The SMILES string of the molecule is OC(CC1c2ccccc2-c2cncn21)C12CC3CC(C1)C(Nc1nc4cc(F)ccc4o1)C(C3)C2. The molecule has 0 spiro atoms. The number of aliphatic hydroxyl groups excluding tert-OH is 1. The zero-order chi connectivity index (χ0) is 24.0. The first-order valence-electron chi connectivity index (χ1n) is 13.2. The van der Waals surface area contributed by atoms with Gasteiger partial charge in [-0.15, -0.1) is 0 Å². The molecule has 36 heavy (non-hydrogen) atoms. The minimum absolute atomic E-state index is 0.0304. The number of imidazole rings is 1. The normalized spacial score (nSPS) is 32.6.